The average molecular weight is 275 g/mol. The Balaban J connectivity index is 2.19. The van der Waals surface area contributed by atoms with E-state index in [9.17, 15) is 4.79 Å². The highest BCUT2D eigenvalue weighted by molar-refractivity contribution is 6.17. The molecule has 0 aliphatic rings. The Morgan fingerprint density at radius 1 is 1.00 bits per heavy atom. The Labute approximate surface area is 118 Å². The van der Waals surface area contributed by atoms with Crippen molar-refractivity contribution in [3.63, 3.8) is 0 Å². The van der Waals surface area contributed by atoms with E-state index in [0.717, 1.165) is 16.7 Å². The van der Waals surface area contributed by atoms with E-state index in [4.69, 9.17) is 16.3 Å². The van der Waals surface area contributed by atoms with Crippen molar-refractivity contribution in [3.8, 4) is 11.1 Å². The first-order valence-corrected chi connectivity index (χ1v) is 6.70. The lowest BCUT2D eigenvalue weighted by Gasteiger charge is -2.05. The molecule has 2 aromatic carbocycles. The fourth-order valence-corrected chi connectivity index (χ4v) is 1.98. The quantitative estimate of drug-likeness (QED) is 0.615. The molecule has 0 amide bonds. The normalized spacial score (nSPS) is 10.2. The van der Waals surface area contributed by atoms with Crippen LogP contribution in [0.15, 0.2) is 48.5 Å². The zero-order valence-corrected chi connectivity index (χ0v) is 11.5. The molecule has 0 N–H and O–H groups in total. The molecule has 19 heavy (non-hydrogen) atoms. The van der Waals surface area contributed by atoms with Crippen molar-refractivity contribution in [1.29, 1.82) is 0 Å². The van der Waals surface area contributed by atoms with E-state index in [1.807, 2.05) is 36.4 Å². The zero-order valence-electron chi connectivity index (χ0n) is 10.7. The van der Waals surface area contributed by atoms with Crippen LogP contribution in [0, 0.1) is 0 Å². The van der Waals surface area contributed by atoms with Crippen LogP contribution in [-0.2, 0) is 10.6 Å². The topological polar surface area (TPSA) is 26.3 Å². The van der Waals surface area contributed by atoms with Gasteiger partial charge < -0.3 is 4.74 Å². The Kier molecular flexibility index (Phi) is 4.58. The van der Waals surface area contributed by atoms with E-state index in [1.54, 1.807) is 19.1 Å². The highest BCUT2D eigenvalue weighted by Gasteiger charge is 2.06. The van der Waals surface area contributed by atoms with Gasteiger partial charge in [-0.25, -0.2) is 4.79 Å². The summed E-state index contributed by atoms with van der Waals surface area (Å²) in [6.45, 7) is 2.19. The molecule has 0 aliphatic carbocycles. The minimum Gasteiger partial charge on any atom is -0.462 e. The number of carbonyl (C=O) groups excluding carboxylic acids is 1. The number of halogens is 1. The Morgan fingerprint density at radius 3 is 2.00 bits per heavy atom. The first-order chi connectivity index (χ1) is 9.24. The second-order valence-electron chi connectivity index (χ2n) is 4.13. The van der Waals surface area contributed by atoms with Gasteiger partial charge >= 0.3 is 5.97 Å². The van der Waals surface area contributed by atoms with Crippen LogP contribution >= 0.6 is 11.6 Å². The molecule has 0 atom stereocenters. The summed E-state index contributed by atoms with van der Waals surface area (Å²) >= 11 is 5.76. The molecule has 0 saturated heterocycles. The van der Waals surface area contributed by atoms with Gasteiger partial charge in [0, 0.05) is 5.88 Å². The fourth-order valence-electron chi connectivity index (χ4n) is 1.80. The highest BCUT2D eigenvalue weighted by Crippen LogP contribution is 2.21. The van der Waals surface area contributed by atoms with E-state index < -0.39 is 0 Å². The Morgan fingerprint density at radius 2 is 1.53 bits per heavy atom. The van der Waals surface area contributed by atoms with Crippen LogP contribution in [0.25, 0.3) is 11.1 Å². The largest absolute Gasteiger partial charge is 0.462 e. The summed E-state index contributed by atoms with van der Waals surface area (Å²) in [6.07, 6.45) is 0. The van der Waals surface area contributed by atoms with Crippen molar-refractivity contribution >= 4 is 17.6 Å². The lowest BCUT2D eigenvalue weighted by molar-refractivity contribution is 0.0526. The van der Waals surface area contributed by atoms with Gasteiger partial charge in [-0.2, -0.15) is 0 Å². The van der Waals surface area contributed by atoms with Gasteiger partial charge in [-0.1, -0.05) is 36.4 Å². The first kappa shape index (κ1) is 13.6. The summed E-state index contributed by atoms with van der Waals surface area (Å²) in [7, 11) is 0. The van der Waals surface area contributed by atoms with Crippen molar-refractivity contribution in [2.24, 2.45) is 0 Å². The number of esters is 1. The molecule has 98 valence electrons. The molecule has 0 aromatic heterocycles. The zero-order chi connectivity index (χ0) is 13.7. The van der Waals surface area contributed by atoms with Crippen LogP contribution in [-0.4, -0.2) is 12.6 Å². The van der Waals surface area contributed by atoms with Crippen LogP contribution in [0.2, 0.25) is 0 Å². The average Bonchev–Trinajstić information content (AvgIpc) is 2.48. The van der Waals surface area contributed by atoms with E-state index in [0.29, 0.717) is 18.1 Å². The maximum Gasteiger partial charge on any atom is 0.338 e. The minimum atomic E-state index is -0.286. The third kappa shape index (κ3) is 3.36. The molecule has 2 rings (SSSR count). The van der Waals surface area contributed by atoms with Crippen molar-refractivity contribution in [2.75, 3.05) is 6.61 Å². The van der Waals surface area contributed by atoms with Crippen molar-refractivity contribution in [1.82, 2.24) is 0 Å². The second kappa shape index (κ2) is 6.39. The van der Waals surface area contributed by atoms with Crippen LogP contribution in [0.4, 0.5) is 0 Å². The van der Waals surface area contributed by atoms with E-state index in [-0.39, 0.29) is 5.97 Å². The molecule has 0 unspecified atom stereocenters. The molecule has 0 heterocycles. The number of rotatable bonds is 4. The summed E-state index contributed by atoms with van der Waals surface area (Å²) < 4.78 is 4.95. The number of hydrogen-bond donors (Lipinski definition) is 0. The Hall–Kier alpha value is -1.80. The van der Waals surface area contributed by atoms with Gasteiger partial charge in [-0.05, 0) is 35.7 Å². The molecular weight excluding hydrogens is 260 g/mol. The number of benzene rings is 2. The predicted octanol–water partition coefficient (Wildman–Crippen LogP) is 4.27. The van der Waals surface area contributed by atoms with Crippen LogP contribution in [0.3, 0.4) is 0 Å². The van der Waals surface area contributed by atoms with Crippen LogP contribution < -0.4 is 0 Å². The van der Waals surface area contributed by atoms with Crippen LogP contribution in [0.5, 0.6) is 0 Å². The van der Waals surface area contributed by atoms with Crippen molar-refractivity contribution in [3.05, 3.63) is 59.7 Å². The van der Waals surface area contributed by atoms with Gasteiger partial charge in [0.2, 0.25) is 0 Å². The number of ether oxygens (including phenoxy) is 1. The van der Waals surface area contributed by atoms with Gasteiger partial charge in [0.25, 0.3) is 0 Å². The van der Waals surface area contributed by atoms with Gasteiger partial charge in [0.15, 0.2) is 0 Å². The summed E-state index contributed by atoms with van der Waals surface area (Å²) in [4.78, 5) is 11.5. The third-order valence-electron chi connectivity index (χ3n) is 2.84. The number of alkyl halides is 1. The summed E-state index contributed by atoms with van der Waals surface area (Å²) in [5, 5.41) is 0. The molecule has 0 aliphatic heterocycles. The van der Waals surface area contributed by atoms with Gasteiger partial charge in [-0.3, -0.25) is 0 Å². The number of carbonyl (C=O) groups is 1. The minimum absolute atomic E-state index is 0.286. The summed E-state index contributed by atoms with van der Waals surface area (Å²) in [5.74, 6) is 0.230. The number of hydrogen-bond acceptors (Lipinski definition) is 2. The molecule has 3 heteroatoms. The standard InChI is InChI=1S/C16H15ClO2/c1-2-19-16(18)15-9-7-14(8-10-15)13-5-3-12(11-17)4-6-13/h3-10H,2,11H2,1H3. The van der Waals surface area contributed by atoms with E-state index in [2.05, 4.69) is 0 Å². The van der Waals surface area contributed by atoms with Crippen molar-refractivity contribution in [2.45, 2.75) is 12.8 Å². The molecule has 0 fully saturated rings. The van der Waals surface area contributed by atoms with E-state index in [1.165, 1.54) is 0 Å². The predicted molar refractivity (Wildman–Crippen MR) is 77.4 cm³/mol. The molecule has 0 spiro atoms. The molecular formula is C16H15ClO2. The lowest BCUT2D eigenvalue weighted by Crippen LogP contribution is -2.03. The molecule has 0 saturated carbocycles. The Bertz CT molecular complexity index is 544. The SMILES string of the molecule is CCOC(=O)c1ccc(-c2ccc(CCl)cc2)cc1. The molecule has 0 radical (unpaired) electrons. The smallest absolute Gasteiger partial charge is 0.338 e. The fraction of sp³-hybridized carbons (Fsp3) is 0.188. The molecule has 2 aromatic rings. The maximum atomic E-state index is 11.5. The first-order valence-electron chi connectivity index (χ1n) is 6.17. The molecule has 0 bridgehead atoms. The van der Waals surface area contributed by atoms with Gasteiger partial charge in [0.05, 0.1) is 12.2 Å². The maximum absolute atomic E-state index is 11.5. The highest BCUT2D eigenvalue weighted by atomic mass is 35.5. The van der Waals surface area contributed by atoms with Crippen LogP contribution in [0.1, 0.15) is 22.8 Å². The third-order valence-corrected chi connectivity index (χ3v) is 3.15. The van der Waals surface area contributed by atoms with E-state index >= 15 is 0 Å². The van der Waals surface area contributed by atoms with Gasteiger partial charge in [-0.15, -0.1) is 11.6 Å². The lowest BCUT2D eigenvalue weighted by atomic mass is 10.0. The summed E-state index contributed by atoms with van der Waals surface area (Å²) in [5.41, 5.74) is 3.83. The summed E-state index contributed by atoms with van der Waals surface area (Å²) in [6, 6.07) is 15.5. The second-order valence-corrected chi connectivity index (χ2v) is 4.40. The molecule has 2 nitrogen and oxygen atoms in total. The van der Waals surface area contributed by atoms with Gasteiger partial charge in [0.1, 0.15) is 0 Å². The monoisotopic (exact) mass is 274 g/mol. The van der Waals surface area contributed by atoms with Crippen molar-refractivity contribution < 1.29 is 9.53 Å².